The van der Waals surface area contributed by atoms with Gasteiger partial charge in [-0.05, 0) is 0 Å². The monoisotopic (exact) mass is 696 g/mol. The van der Waals surface area contributed by atoms with Crippen molar-refractivity contribution in [3.63, 3.8) is 0 Å². The van der Waals surface area contributed by atoms with Gasteiger partial charge >= 0.3 is 59.7 Å². The Morgan fingerprint density at radius 2 is 1.10 bits per heavy atom. The molecule has 0 aromatic heterocycles. The average Bonchev–Trinajstić information content (AvgIpc) is 3.03. The fourth-order valence-electron chi connectivity index (χ4n) is 3.19. The summed E-state index contributed by atoms with van der Waals surface area (Å²) in [5.74, 6) is -19.7. The molecule has 2 saturated heterocycles. The van der Waals surface area contributed by atoms with Crippen molar-refractivity contribution in [3.8, 4) is 0 Å². The second kappa shape index (κ2) is 16.7. The van der Waals surface area contributed by atoms with Gasteiger partial charge in [0.1, 0.15) is 18.6 Å². The van der Waals surface area contributed by atoms with E-state index in [1.807, 2.05) is 0 Å². The Labute approximate surface area is 264 Å². The summed E-state index contributed by atoms with van der Waals surface area (Å²) in [6.07, 6.45) is -9.39. The van der Waals surface area contributed by atoms with Gasteiger partial charge in [0.25, 0.3) is 11.4 Å². The molecule has 2 heterocycles. The van der Waals surface area contributed by atoms with E-state index in [2.05, 4.69) is 48.6 Å². The highest BCUT2D eigenvalue weighted by Gasteiger charge is 2.58. The van der Waals surface area contributed by atoms with Gasteiger partial charge in [0.05, 0.1) is 32.3 Å². The van der Waals surface area contributed by atoms with Crippen LogP contribution >= 0.6 is 0 Å². The quantitative estimate of drug-likeness (QED) is 0.0716. The van der Waals surface area contributed by atoms with Crippen LogP contribution in [0, 0.1) is 5.92 Å². The Balaban J connectivity index is 2.35. The predicted octanol–water partition coefficient (Wildman–Crippen LogP) is -5.75. The van der Waals surface area contributed by atoms with E-state index in [0.29, 0.717) is 0 Å². The summed E-state index contributed by atoms with van der Waals surface area (Å²) < 4.78 is 9.24. The van der Waals surface area contributed by atoms with Gasteiger partial charge in [-0.15, -0.1) is 0 Å². The summed E-state index contributed by atoms with van der Waals surface area (Å²) >= 11 is 0. The maximum absolute atomic E-state index is 12.8. The van der Waals surface area contributed by atoms with Gasteiger partial charge in [-0.3, -0.25) is 11.5 Å². The average molecular weight is 696 g/mol. The van der Waals surface area contributed by atoms with Crippen molar-refractivity contribution in [2.24, 2.45) is 17.4 Å². The van der Waals surface area contributed by atoms with Crippen LogP contribution in [0.15, 0.2) is 12.2 Å². The van der Waals surface area contributed by atoms with Crippen molar-refractivity contribution in [2.75, 3.05) is 6.61 Å². The third-order valence-corrected chi connectivity index (χ3v) is 5.55. The SMILES string of the molecule is NC1(OC(=O)/C=C\C(=O)OC2(N)C(=O)OOC(=O)CCC(=O)OOC(=O)C2C(O)C(O)CO)CC(=O)OOC(=O)CCC(=O)OOC1=O. The summed E-state index contributed by atoms with van der Waals surface area (Å²) in [6, 6.07) is 0. The molecule has 25 heteroatoms. The number of hydrogen-bond donors (Lipinski definition) is 5. The smallest absolute Gasteiger partial charge is 0.414 e. The Morgan fingerprint density at radius 1 is 0.688 bits per heavy atom. The molecule has 5 unspecified atom stereocenters. The molecule has 5 atom stereocenters. The summed E-state index contributed by atoms with van der Waals surface area (Å²) in [4.78, 5) is 154. The first-order valence-electron chi connectivity index (χ1n) is 12.8. The molecule has 0 aromatic rings. The first-order chi connectivity index (χ1) is 22.4. The number of nitrogens with two attached hydrogens (primary N) is 2. The maximum atomic E-state index is 12.8. The van der Waals surface area contributed by atoms with Gasteiger partial charge in [0, 0.05) is 12.2 Å². The third-order valence-electron chi connectivity index (χ3n) is 5.55. The molecule has 25 nitrogen and oxygen atoms in total. The van der Waals surface area contributed by atoms with Crippen LogP contribution in [0.2, 0.25) is 0 Å². The molecule has 0 bridgehead atoms. The van der Waals surface area contributed by atoms with Crippen LogP contribution in [0.1, 0.15) is 32.1 Å². The number of carbonyl (C=O) groups excluding carboxylic acids is 10. The molecule has 2 rings (SSSR count). The molecule has 0 spiro atoms. The maximum Gasteiger partial charge on any atom is 0.414 e. The topological polar surface area (TPSA) is 376 Å². The highest BCUT2D eigenvalue weighted by Crippen LogP contribution is 2.27. The minimum Gasteiger partial charge on any atom is -0.428 e. The molecule has 2 aliphatic rings. The fraction of sp³-hybridized carbons (Fsp3) is 0.478. The molecule has 0 saturated carbocycles. The zero-order valence-corrected chi connectivity index (χ0v) is 23.8. The van der Waals surface area contributed by atoms with E-state index in [-0.39, 0.29) is 12.2 Å². The molecule has 2 aliphatic heterocycles. The molecule has 7 N–H and O–H groups in total. The molecule has 0 amide bonds. The highest BCUT2D eigenvalue weighted by atomic mass is 17.2. The molecule has 48 heavy (non-hydrogen) atoms. The summed E-state index contributed by atoms with van der Waals surface area (Å²) in [7, 11) is 0. The van der Waals surface area contributed by atoms with E-state index in [9.17, 15) is 63.3 Å². The van der Waals surface area contributed by atoms with E-state index in [1.165, 1.54) is 0 Å². The van der Waals surface area contributed by atoms with Gasteiger partial charge in [-0.2, -0.15) is 0 Å². The lowest BCUT2D eigenvalue weighted by atomic mass is 9.87. The zero-order valence-electron chi connectivity index (χ0n) is 23.8. The summed E-state index contributed by atoms with van der Waals surface area (Å²) in [5, 5.41) is 29.5. The Hall–Kier alpha value is -5.76. The first kappa shape index (κ1) is 38.4. The predicted molar refractivity (Wildman–Crippen MR) is 130 cm³/mol. The van der Waals surface area contributed by atoms with E-state index < -0.39 is 128 Å². The van der Waals surface area contributed by atoms with Gasteiger partial charge in [0.15, 0.2) is 5.92 Å². The zero-order chi connectivity index (χ0) is 36.2. The van der Waals surface area contributed by atoms with Gasteiger partial charge < -0.3 is 24.8 Å². The standard InChI is InChI=1S/C23H24N2O23/c24-22(7-16(34)45-41-12(30)3-5-14(32)43-47-20(22)37)39-10(28)1-2-11(29)40-23(25)17(18(35)9(27)8-26)19(36)46-42-13(31)4-6-15(33)44-48-21(23)38/h1-2,9,17-18,26-27,35H,3-8,24-25H2/b2-1-. The van der Waals surface area contributed by atoms with Gasteiger partial charge in [-0.1, -0.05) is 0 Å². The van der Waals surface area contributed by atoms with E-state index in [4.69, 9.17) is 11.5 Å². The Morgan fingerprint density at radius 3 is 1.60 bits per heavy atom. The van der Waals surface area contributed by atoms with Crippen LogP contribution in [0.5, 0.6) is 0 Å². The number of rotatable bonds is 7. The van der Waals surface area contributed by atoms with Crippen molar-refractivity contribution in [3.05, 3.63) is 12.2 Å². The van der Waals surface area contributed by atoms with Crippen LogP contribution in [-0.2, 0) is 96.5 Å². The van der Waals surface area contributed by atoms with Crippen LogP contribution in [-0.4, -0.2) is 105 Å². The van der Waals surface area contributed by atoms with E-state index in [1.54, 1.807) is 0 Å². The van der Waals surface area contributed by atoms with Crippen LogP contribution < -0.4 is 11.5 Å². The first-order valence-corrected chi connectivity index (χ1v) is 12.8. The van der Waals surface area contributed by atoms with E-state index >= 15 is 0 Å². The molecule has 0 aromatic carbocycles. The van der Waals surface area contributed by atoms with E-state index in [0.717, 1.165) is 0 Å². The number of hydrogen-bond acceptors (Lipinski definition) is 25. The lowest BCUT2D eigenvalue weighted by Gasteiger charge is -2.34. The fourth-order valence-corrected chi connectivity index (χ4v) is 3.19. The normalized spacial score (nSPS) is 26.4. The Bertz CT molecular complexity index is 1380. The number of aliphatic hydroxyl groups is 3. The molecular formula is C23H24N2O23. The molecule has 0 radical (unpaired) electrons. The highest BCUT2D eigenvalue weighted by molar-refractivity contribution is 5.96. The number of esters is 2. The van der Waals surface area contributed by atoms with Crippen molar-refractivity contribution < 1.29 is 112 Å². The van der Waals surface area contributed by atoms with Crippen molar-refractivity contribution in [1.82, 2.24) is 0 Å². The molecule has 2 fully saturated rings. The minimum atomic E-state index is -3.71. The second-order valence-corrected chi connectivity index (χ2v) is 9.17. The van der Waals surface area contributed by atoms with Gasteiger partial charge in [-0.25, -0.2) is 87.0 Å². The van der Waals surface area contributed by atoms with Gasteiger partial charge in [0.2, 0.25) is 0 Å². The Kier molecular flexibility index (Phi) is 13.4. The van der Waals surface area contributed by atoms with Crippen LogP contribution in [0.25, 0.3) is 0 Å². The number of ether oxygens (including phenoxy) is 2. The third kappa shape index (κ3) is 10.7. The lowest BCUT2D eigenvalue weighted by molar-refractivity contribution is -0.289. The number of aliphatic hydroxyl groups excluding tert-OH is 3. The molecule has 0 aliphatic carbocycles. The van der Waals surface area contributed by atoms with Crippen molar-refractivity contribution in [1.29, 1.82) is 0 Å². The summed E-state index contributed by atoms with van der Waals surface area (Å²) in [6.45, 7) is -1.33. The number of carbonyl (C=O) groups is 10. The molecular weight excluding hydrogens is 672 g/mol. The van der Waals surface area contributed by atoms with Crippen molar-refractivity contribution in [2.45, 2.75) is 55.8 Å². The molecule has 264 valence electrons. The summed E-state index contributed by atoms with van der Waals surface area (Å²) in [5.41, 5.74) is 4.41. The minimum absolute atomic E-state index is 0.0494. The lowest BCUT2D eigenvalue weighted by Crippen LogP contribution is -2.65. The van der Waals surface area contributed by atoms with Crippen molar-refractivity contribution >= 4 is 59.7 Å². The largest absolute Gasteiger partial charge is 0.428 e. The second-order valence-electron chi connectivity index (χ2n) is 9.17. The van der Waals surface area contributed by atoms with Crippen LogP contribution in [0.3, 0.4) is 0 Å². The van der Waals surface area contributed by atoms with Crippen LogP contribution in [0.4, 0.5) is 0 Å².